The van der Waals surface area contributed by atoms with Gasteiger partial charge in [0.1, 0.15) is 5.82 Å². The van der Waals surface area contributed by atoms with E-state index in [2.05, 4.69) is 9.44 Å². The molecule has 16 heavy (non-hydrogen) atoms. The van der Waals surface area contributed by atoms with Gasteiger partial charge >= 0.3 is 6.98 Å². The molecule has 1 aromatic rings. The van der Waals surface area contributed by atoms with Gasteiger partial charge in [0, 0.05) is 0 Å². The van der Waals surface area contributed by atoms with Gasteiger partial charge in [-0.15, -0.1) is 0 Å². The summed E-state index contributed by atoms with van der Waals surface area (Å²) >= 11 is 0. The molecule has 80 valence electrons. The second kappa shape index (κ2) is 4.61. The molecule has 0 unspecified atom stereocenters. The molecular weight excluding hydrogens is 202 g/mol. The quantitative estimate of drug-likeness (QED) is 0.578. The standard InChI is InChI=1S/C9H13B3FN3/c1-14-10-15(2)12(16(3)11-14)8-4-6-9(13)7-5-8/h4-7H,1-3H3. The van der Waals surface area contributed by atoms with Crippen molar-refractivity contribution >= 4 is 27.5 Å². The van der Waals surface area contributed by atoms with E-state index < -0.39 is 0 Å². The molecule has 1 aliphatic rings. The van der Waals surface area contributed by atoms with E-state index in [9.17, 15) is 4.39 Å². The molecule has 0 aromatic heterocycles. The highest BCUT2D eigenvalue weighted by molar-refractivity contribution is 6.82. The van der Waals surface area contributed by atoms with Gasteiger partial charge in [0.2, 0.25) is 0 Å². The highest BCUT2D eigenvalue weighted by atomic mass is 19.1. The van der Waals surface area contributed by atoms with Crippen molar-refractivity contribution in [2.24, 2.45) is 0 Å². The molecular formula is C9H13B3FN3. The van der Waals surface area contributed by atoms with Crippen LogP contribution in [-0.2, 0) is 0 Å². The molecule has 7 heteroatoms. The zero-order valence-electron chi connectivity index (χ0n) is 9.76. The predicted octanol–water partition coefficient (Wildman–Crippen LogP) is -0.602. The van der Waals surface area contributed by atoms with Crippen LogP contribution in [0, 0.1) is 5.82 Å². The average Bonchev–Trinajstić information content (AvgIpc) is 2.19. The van der Waals surface area contributed by atoms with Crippen molar-refractivity contribution in [3.63, 3.8) is 0 Å². The minimum atomic E-state index is -0.199. The van der Waals surface area contributed by atoms with Crippen molar-refractivity contribution in [2.75, 3.05) is 21.1 Å². The van der Waals surface area contributed by atoms with E-state index in [1.54, 1.807) is 0 Å². The summed E-state index contributed by atoms with van der Waals surface area (Å²) in [4.78, 5) is 0. The van der Waals surface area contributed by atoms with E-state index in [4.69, 9.17) is 0 Å². The smallest absolute Gasteiger partial charge is 0.324 e. The van der Waals surface area contributed by atoms with Crippen molar-refractivity contribution < 1.29 is 4.39 Å². The van der Waals surface area contributed by atoms with Gasteiger partial charge in [-0.1, -0.05) is 12.1 Å². The van der Waals surface area contributed by atoms with E-state index in [0.29, 0.717) is 0 Å². The van der Waals surface area contributed by atoms with Gasteiger partial charge in [0.15, 0.2) is 0 Å². The fourth-order valence-corrected chi connectivity index (χ4v) is 2.12. The third-order valence-electron chi connectivity index (χ3n) is 2.67. The van der Waals surface area contributed by atoms with Crippen molar-refractivity contribution in [2.45, 2.75) is 0 Å². The van der Waals surface area contributed by atoms with E-state index in [1.165, 1.54) is 12.1 Å². The number of hydrogen-bond acceptors (Lipinski definition) is 3. The Kier molecular flexibility index (Phi) is 3.37. The molecule has 0 amide bonds. The van der Waals surface area contributed by atoms with Crippen LogP contribution in [0.3, 0.4) is 0 Å². The lowest BCUT2D eigenvalue weighted by molar-refractivity contribution is 0.586. The first-order valence-corrected chi connectivity index (χ1v) is 5.19. The second-order valence-electron chi connectivity index (χ2n) is 4.15. The van der Waals surface area contributed by atoms with E-state index in [0.717, 1.165) is 5.46 Å². The normalized spacial score (nSPS) is 19.4. The summed E-state index contributed by atoms with van der Waals surface area (Å²) < 4.78 is 19.0. The summed E-state index contributed by atoms with van der Waals surface area (Å²) in [6.45, 7) is 0.122. The molecule has 1 fully saturated rings. The number of halogens is 1. The molecule has 1 saturated heterocycles. The Morgan fingerprint density at radius 2 is 1.50 bits per heavy atom. The second-order valence-corrected chi connectivity index (χ2v) is 4.15. The van der Waals surface area contributed by atoms with Gasteiger partial charge < -0.3 is 14.2 Å². The van der Waals surface area contributed by atoms with Crippen LogP contribution in [0.2, 0.25) is 0 Å². The number of hydrogen-bond donors (Lipinski definition) is 0. The van der Waals surface area contributed by atoms with Gasteiger partial charge in [0.25, 0.3) is 15.1 Å². The van der Waals surface area contributed by atoms with Gasteiger partial charge in [0.05, 0.1) is 0 Å². The molecule has 1 aromatic carbocycles. The van der Waals surface area contributed by atoms with E-state index >= 15 is 0 Å². The van der Waals surface area contributed by atoms with Crippen LogP contribution in [0.25, 0.3) is 0 Å². The highest BCUT2D eigenvalue weighted by Gasteiger charge is 2.34. The molecule has 1 aliphatic heterocycles. The molecule has 0 spiro atoms. The molecule has 0 aliphatic carbocycles. The van der Waals surface area contributed by atoms with Gasteiger partial charge in [-0.2, -0.15) is 0 Å². The molecule has 2 rings (SSSR count). The maximum absolute atomic E-state index is 12.9. The first-order valence-electron chi connectivity index (χ1n) is 5.19. The van der Waals surface area contributed by atoms with Crippen LogP contribution in [0.4, 0.5) is 4.39 Å². The fraction of sp³-hybridized carbons (Fsp3) is 0.333. The largest absolute Gasteiger partial charge is 0.367 e. The Bertz CT molecular complexity index is 350. The van der Waals surface area contributed by atoms with Crippen molar-refractivity contribution in [1.29, 1.82) is 0 Å². The summed E-state index contributed by atoms with van der Waals surface area (Å²) in [6, 6.07) is 6.63. The molecule has 1 heterocycles. The third-order valence-corrected chi connectivity index (χ3v) is 2.67. The summed E-state index contributed by atoms with van der Waals surface area (Å²) in [7, 11) is 10.0. The minimum absolute atomic E-state index is 0.122. The summed E-state index contributed by atoms with van der Waals surface area (Å²) in [6.07, 6.45) is 0. The molecule has 2 radical (unpaired) electrons. The lowest BCUT2D eigenvalue weighted by Gasteiger charge is -2.40. The van der Waals surface area contributed by atoms with Gasteiger partial charge in [-0.25, -0.2) is 4.39 Å². The topological polar surface area (TPSA) is 9.72 Å². The van der Waals surface area contributed by atoms with Crippen LogP contribution >= 0.6 is 0 Å². The Hall–Kier alpha value is -0.775. The highest BCUT2D eigenvalue weighted by Crippen LogP contribution is 2.04. The van der Waals surface area contributed by atoms with Crippen molar-refractivity contribution in [3.8, 4) is 0 Å². The first-order chi connectivity index (χ1) is 7.58. The first kappa shape index (κ1) is 11.7. The third kappa shape index (κ3) is 2.31. The zero-order valence-corrected chi connectivity index (χ0v) is 9.76. The van der Waals surface area contributed by atoms with Crippen LogP contribution in [0.5, 0.6) is 0 Å². The Morgan fingerprint density at radius 3 is 2.00 bits per heavy atom. The molecule has 0 atom stereocenters. The Morgan fingerprint density at radius 1 is 1.00 bits per heavy atom. The summed E-state index contributed by atoms with van der Waals surface area (Å²) in [5.74, 6) is -0.199. The SMILES string of the molecule is CN1[B]N(C)B(c2ccc(F)cc2)N(C)[B]1. The minimum Gasteiger partial charge on any atom is -0.367 e. The van der Waals surface area contributed by atoms with Crippen molar-refractivity contribution in [3.05, 3.63) is 30.1 Å². The van der Waals surface area contributed by atoms with E-state index in [1.807, 2.05) is 53.1 Å². The molecule has 3 nitrogen and oxygen atoms in total. The number of nitrogens with zero attached hydrogens (tertiary/aromatic N) is 3. The monoisotopic (exact) mass is 215 g/mol. The van der Waals surface area contributed by atoms with Gasteiger partial charge in [-0.05, 0) is 38.7 Å². The summed E-state index contributed by atoms with van der Waals surface area (Å²) in [5, 5.41) is 0. The van der Waals surface area contributed by atoms with Crippen LogP contribution in [0.1, 0.15) is 0 Å². The molecule has 0 bridgehead atoms. The number of benzene rings is 1. The molecule has 0 N–H and O–H groups in total. The molecule has 0 saturated carbocycles. The fourth-order valence-electron chi connectivity index (χ4n) is 2.12. The Balaban J connectivity index is 2.22. The lowest BCUT2D eigenvalue weighted by Crippen LogP contribution is -2.68. The van der Waals surface area contributed by atoms with Crippen LogP contribution in [-0.4, -0.2) is 57.4 Å². The maximum atomic E-state index is 12.9. The van der Waals surface area contributed by atoms with Crippen molar-refractivity contribution in [1.82, 2.24) is 14.2 Å². The lowest BCUT2D eigenvalue weighted by atomic mass is 9.55. The predicted molar refractivity (Wildman–Crippen MR) is 66.6 cm³/mol. The van der Waals surface area contributed by atoms with Gasteiger partial charge in [-0.3, -0.25) is 0 Å². The Labute approximate surface area is 97.9 Å². The van der Waals surface area contributed by atoms with Crippen LogP contribution < -0.4 is 5.46 Å². The maximum Gasteiger partial charge on any atom is 0.324 e. The zero-order chi connectivity index (χ0) is 11.7. The van der Waals surface area contributed by atoms with Crippen LogP contribution in [0.15, 0.2) is 24.3 Å². The summed E-state index contributed by atoms with van der Waals surface area (Å²) in [5.41, 5.74) is 1.08. The average molecular weight is 215 g/mol. The number of rotatable bonds is 1. The van der Waals surface area contributed by atoms with E-state index in [-0.39, 0.29) is 12.8 Å².